The van der Waals surface area contributed by atoms with Crippen molar-refractivity contribution >= 4 is 34.0 Å². The Morgan fingerprint density at radius 2 is 1.96 bits per heavy atom. The second-order valence-corrected chi connectivity index (χ2v) is 6.29. The van der Waals surface area contributed by atoms with Crippen LogP contribution in [0.4, 0.5) is 5.69 Å². The van der Waals surface area contributed by atoms with Gasteiger partial charge in [0.05, 0.1) is 4.92 Å². The van der Waals surface area contributed by atoms with Gasteiger partial charge >= 0.3 is 0 Å². The fourth-order valence-corrected chi connectivity index (χ4v) is 2.77. The number of benzene rings is 1. The van der Waals surface area contributed by atoms with Crippen molar-refractivity contribution in [3.8, 4) is 0 Å². The van der Waals surface area contributed by atoms with E-state index in [1.54, 1.807) is 6.92 Å². The van der Waals surface area contributed by atoms with Crippen molar-refractivity contribution in [2.75, 3.05) is 19.6 Å². The highest BCUT2D eigenvalue weighted by Gasteiger charge is 2.24. The molecule has 0 aliphatic rings. The molecule has 1 unspecified atom stereocenters. The molecule has 1 aromatic rings. The van der Waals surface area contributed by atoms with E-state index < -0.39 is 25.5 Å². The van der Waals surface area contributed by atoms with Crippen molar-refractivity contribution in [2.45, 2.75) is 11.8 Å². The van der Waals surface area contributed by atoms with E-state index in [0.717, 1.165) is 12.1 Å². The highest BCUT2D eigenvalue weighted by molar-refractivity contribution is 7.89. The van der Waals surface area contributed by atoms with Crippen LogP contribution >= 0.6 is 12.4 Å². The lowest BCUT2D eigenvalue weighted by molar-refractivity contribution is -0.387. The highest BCUT2D eigenvalue weighted by Crippen LogP contribution is 2.22. The summed E-state index contributed by atoms with van der Waals surface area (Å²) < 4.78 is 26.3. The first-order valence-electron chi connectivity index (χ1n) is 6.50. The van der Waals surface area contributed by atoms with Crippen molar-refractivity contribution < 1.29 is 18.1 Å². The van der Waals surface area contributed by atoms with E-state index in [9.17, 15) is 23.3 Å². The molecule has 0 bridgehead atoms. The molecule has 1 amide bonds. The standard InChI is InChI=1S/C12H18N4O5S.ClH/c1-9(8-13)12(17)14-6-7-15-22(20,21)11-5-3-2-4-10(11)16(18)19;/h2-5,9,15H,6-8,13H2,1H3,(H,14,17);1H. The Morgan fingerprint density at radius 3 is 2.52 bits per heavy atom. The number of nitro benzene ring substituents is 1. The second kappa shape index (κ2) is 9.40. The SMILES string of the molecule is CC(CN)C(=O)NCCNS(=O)(=O)c1ccccc1[N+](=O)[O-].Cl. The van der Waals surface area contributed by atoms with Crippen LogP contribution in [-0.2, 0) is 14.8 Å². The normalized spacial score (nSPS) is 12.1. The molecule has 1 rings (SSSR count). The van der Waals surface area contributed by atoms with Gasteiger partial charge in [0.1, 0.15) is 0 Å². The van der Waals surface area contributed by atoms with Gasteiger partial charge in [-0.3, -0.25) is 14.9 Å². The topological polar surface area (TPSA) is 144 Å². The van der Waals surface area contributed by atoms with Crippen LogP contribution < -0.4 is 15.8 Å². The molecule has 0 fully saturated rings. The number of sulfonamides is 1. The molecule has 9 nitrogen and oxygen atoms in total. The monoisotopic (exact) mass is 366 g/mol. The van der Waals surface area contributed by atoms with Gasteiger partial charge in [-0.25, -0.2) is 13.1 Å². The fourth-order valence-electron chi connectivity index (χ4n) is 1.57. The minimum atomic E-state index is -4.03. The molecular weight excluding hydrogens is 348 g/mol. The van der Waals surface area contributed by atoms with E-state index in [-0.39, 0.29) is 43.9 Å². The predicted molar refractivity (Wildman–Crippen MR) is 86.8 cm³/mol. The third-order valence-corrected chi connectivity index (χ3v) is 4.38. The minimum absolute atomic E-state index is 0. The van der Waals surface area contributed by atoms with Crippen LogP contribution in [0.2, 0.25) is 0 Å². The first-order valence-corrected chi connectivity index (χ1v) is 7.98. The lowest BCUT2D eigenvalue weighted by atomic mass is 10.2. The number of amides is 1. The second-order valence-electron chi connectivity index (χ2n) is 4.55. The van der Waals surface area contributed by atoms with Gasteiger partial charge in [-0.05, 0) is 6.07 Å². The molecule has 1 atom stereocenters. The zero-order valence-electron chi connectivity index (χ0n) is 12.4. The molecule has 0 heterocycles. The molecule has 130 valence electrons. The first kappa shape index (κ1) is 21.2. The number of hydrogen-bond acceptors (Lipinski definition) is 6. The molecular formula is C12H19ClN4O5S. The summed E-state index contributed by atoms with van der Waals surface area (Å²) in [5.41, 5.74) is 4.83. The quantitative estimate of drug-likeness (QED) is 0.335. The number of halogens is 1. The lowest BCUT2D eigenvalue weighted by Gasteiger charge is -2.11. The number of carbonyl (C=O) groups is 1. The summed E-state index contributed by atoms with van der Waals surface area (Å²) in [7, 11) is -4.03. The Balaban J connectivity index is 0.00000484. The van der Waals surface area contributed by atoms with Crippen LogP contribution in [0.3, 0.4) is 0 Å². The van der Waals surface area contributed by atoms with Crippen LogP contribution in [0.15, 0.2) is 29.2 Å². The van der Waals surface area contributed by atoms with Gasteiger partial charge < -0.3 is 11.1 Å². The smallest absolute Gasteiger partial charge is 0.289 e. The number of nitrogens with one attached hydrogen (secondary N) is 2. The van der Waals surface area contributed by atoms with Crippen LogP contribution in [-0.4, -0.2) is 38.9 Å². The van der Waals surface area contributed by atoms with Crippen LogP contribution in [0.5, 0.6) is 0 Å². The number of carbonyl (C=O) groups excluding carboxylic acids is 1. The van der Waals surface area contributed by atoms with Gasteiger partial charge in [-0.15, -0.1) is 12.4 Å². The molecule has 4 N–H and O–H groups in total. The largest absolute Gasteiger partial charge is 0.355 e. The first-order chi connectivity index (χ1) is 10.3. The zero-order valence-corrected chi connectivity index (χ0v) is 14.0. The molecule has 0 saturated heterocycles. The lowest BCUT2D eigenvalue weighted by Crippen LogP contribution is -2.38. The van der Waals surface area contributed by atoms with Crippen molar-refractivity contribution in [3.05, 3.63) is 34.4 Å². The average Bonchev–Trinajstić information content (AvgIpc) is 2.50. The van der Waals surface area contributed by atoms with Gasteiger partial charge in [-0.2, -0.15) is 0 Å². The molecule has 0 aromatic heterocycles. The summed E-state index contributed by atoms with van der Waals surface area (Å²) in [5.74, 6) is -0.654. The zero-order chi connectivity index (χ0) is 16.8. The van der Waals surface area contributed by atoms with Gasteiger partial charge in [0, 0.05) is 31.6 Å². The Morgan fingerprint density at radius 1 is 1.35 bits per heavy atom. The van der Waals surface area contributed by atoms with E-state index in [1.807, 2.05) is 0 Å². The minimum Gasteiger partial charge on any atom is -0.355 e. The predicted octanol–water partition coefficient (Wildman–Crippen LogP) is 0.00590. The summed E-state index contributed by atoms with van der Waals surface area (Å²) in [6.45, 7) is 1.81. The Hall–Kier alpha value is -1.75. The van der Waals surface area contributed by atoms with Crippen molar-refractivity contribution in [2.24, 2.45) is 11.7 Å². The summed E-state index contributed by atoms with van der Waals surface area (Å²) in [4.78, 5) is 21.1. The van der Waals surface area contributed by atoms with Gasteiger partial charge in [-0.1, -0.05) is 19.1 Å². The van der Waals surface area contributed by atoms with E-state index in [2.05, 4.69) is 10.0 Å². The molecule has 0 saturated carbocycles. The van der Waals surface area contributed by atoms with Crippen LogP contribution in [0.25, 0.3) is 0 Å². The van der Waals surface area contributed by atoms with E-state index in [1.165, 1.54) is 12.1 Å². The van der Waals surface area contributed by atoms with Crippen molar-refractivity contribution in [1.82, 2.24) is 10.0 Å². The average molecular weight is 367 g/mol. The van der Waals surface area contributed by atoms with Crippen molar-refractivity contribution in [3.63, 3.8) is 0 Å². The molecule has 11 heteroatoms. The van der Waals surface area contributed by atoms with Gasteiger partial charge in [0.15, 0.2) is 4.90 Å². The summed E-state index contributed by atoms with van der Waals surface area (Å²) in [6, 6.07) is 5.03. The highest BCUT2D eigenvalue weighted by atomic mass is 35.5. The van der Waals surface area contributed by atoms with E-state index in [0.29, 0.717) is 0 Å². The number of nitrogens with two attached hydrogens (primary N) is 1. The molecule has 1 aromatic carbocycles. The summed E-state index contributed by atoms with van der Waals surface area (Å²) >= 11 is 0. The molecule has 0 aliphatic heterocycles. The molecule has 0 spiro atoms. The maximum atomic E-state index is 12.0. The Labute approximate surface area is 140 Å². The number of rotatable bonds is 8. The molecule has 0 radical (unpaired) electrons. The summed E-state index contributed by atoms with van der Waals surface area (Å²) in [6.07, 6.45) is 0. The third kappa shape index (κ3) is 6.10. The number of hydrogen-bond donors (Lipinski definition) is 3. The maximum absolute atomic E-state index is 12.0. The number of para-hydroxylation sites is 1. The van der Waals surface area contributed by atoms with E-state index >= 15 is 0 Å². The van der Waals surface area contributed by atoms with E-state index in [4.69, 9.17) is 5.73 Å². The number of nitro groups is 1. The Kier molecular flexibility index (Phi) is 8.69. The van der Waals surface area contributed by atoms with Crippen molar-refractivity contribution in [1.29, 1.82) is 0 Å². The van der Waals surface area contributed by atoms with Crippen LogP contribution in [0.1, 0.15) is 6.92 Å². The van der Waals surface area contributed by atoms with Crippen LogP contribution in [0, 0.1) is 16.0 Å². The number of nitrogens with zero attached hydrogens (tertiary/aromatic N) is 1. The van der Waals surface area contributed by atoms with Gasteiger partial charge in [0.2, 0.25) is 15.9 Å². The summed E-state index contributed by atoms with van der Waals surface area (Å²) in [5, 5.41) is 13.4. The van der Waals surface area contributed by atoms with Gasteiger partial charge in [0.25, 0.3) is 5.69 Å². The fraction of sp³-hybridized carbons (Fsp3) is 0.417. The molecule has 0 aliphatic carbocycles. The third-order valence-electron chi connectivity index (χ3n) is 2.87. The molecule has 23 heavy (non-hydrogen) atoms. The Bertz CT molecular complexity index is 653. The maximum Gasteiger partial charge on any atom is 0.289 e.